The summed E-state index contributed by atoms with van der Waals surface area (Å²) in [5.74, 6) is -0.472. The summed E-state index contributed by atoms with van der Waals surface area (Å²) in [6.45, 7) is 6.10. The highest BCUT2D eigenvalue weighted by Crippen LogP contribution is 2.28. The Bertz CT molecular complexity index is 540. The van der Waals surface area contributed by atoms with Crippen LogP contribution >= 0.6 is 0 Å². The lowest BCUT2D eigenvalue weighted by Crippen LogP contribution is -2.15. The molecule has 0 N–H and O–H groups in total. The van der Waals surface area contributed by atoms with Gasteiger partial charge in [0.25, 0.3) is 0 Å². The minimum Gasteiger partial charge on any atom is -0.466 e. The van der Waals surface area contributed by atoms with Crippen LogP contribution in [0.2, 0.25) is 0 Å². The summed E-state index contributed by atoms with van der Waals surface area (Å²) in [4.78, 5) is 12.0. The zero-order valence-corrected chi connectivity index (χ0v) is 10.6. The minimum absolute atomic E-state index is 0.191. The van der Waals surface area contributed by atoms with Crippen LogP contribution in [-0.2, 0) is 9.53 Å². The van der Waals surface area contributed by atoms with Gasteiger partial charge < -0.3 is 4.74 Å². The first-order chi connectivity index (χ1) is 8.77. The maximum absolute atomic E-state index is 12.0. The monoisotopic (exact) mass is 241 g/mol. The van der Waals surface area contributed by atoms with Gasteiger partial charge in [0.1, 0.15) is 0 Å². The molecule has 2 aromatic rings. The molecule has 1 radical (unpaired) electrons. The van der Waals surface area contributed by atoms with Crippen molar-refractivity contribution in [2.24, 2.45) is 0 Å². The van der Waals surface area contributed by atoms with Crippen molar-refractivity contribution in [3.63, 3.8) is 0 Å². The van der Waals surface area contributed by atoms with E-state index in [9.17, 15) is 4.79 Å². The van der Waals surface area contributed by atoms with E-state index in [0.717, 1.165) is 16.3 Å². The molecule has 0 aliphatic rings. The molecule has 2 heteroatoms. The van der Waals surface area contributed by atoms with E-state index in [-0.39, 0.29) is 11.9 Å². The van der Waals surface area contributed by atoms with Gasteiger partial charge in [-0.1, -0.05) is 49.4 Å². The largest absolute Gasteiger partial charge is 0.466 e. The van der Waals surface area contributed by atoms with Crippen LogP contribution < -0.4 is 0 Å². The first-order valence-electron chi connectivity index (χ1n) is 6.21. The summed E-state index contributed by atoms with van der Waals surface area (Å²) < 4.78 is 5.12. The number of rotatable bonds is 4. The first-order valence-corrected chi connectivity index (χ1v) is 6.21. The molecule has 0 heterocycles. The Morgan fingerprint density at radius 1 is 1.22 bits per heavy atom. The van der Waals surface area contributed by atoms with Crippen LogP contribution in [0.15, 0.2) is 42.5 Å². The standard InChI is InChI=1S/C16H17O2/c1-3-13(16(17)18-4-2)15-11-7-9-12-8-5-6-10-14(12)15/h5-11,13H,1,3-4H2,2H3. The van der Waals surface area contributed by atoms with Crippen molar-refractivity contribution in [1.82, 2.24) is 0 Å². The molecule has 2 aromatic carbocycles. The van der Waals surface area contributed by atoms with E-state index in [4.69, 9.17) is 4.74 Å². The van der Waals surface area contributed by atoms with Gasteiger partial charge in [-0.25, -0.2) is 0 Å². The average Bonchev–Trinajstić information content (AvgIpc) is 2.40. The summed E-state index contributed by atoms with van der Waals surface area (Å²) in [5.41, 5.74) is 1.00. The van der Waals surface area contributed by atoms with Crippen LogP contribution in [0, 0.1) is 6.92 Å². The summed E-state index contributed by atoms with van der Waals surface area (Å²) in [7, 11) is 0. The molecule has 0 bridgehead atoms. The van der Waals surface area contributed by atoms with Crippen molar-refractivity contribution in [2.45, 2.75) is 19.3 Å². The van der Waals surface area contributed by atoms with E-state index in [0.29, 0.717) is 13.0 Å². The zero-order valence-electron chi connectivity index (χ0n) is 10.6. The van der Waals surface area contributed by atoms with Gasteiger partial charge >= 0.3 is 5.97 Å². The third-order valence-corrected chi connectivity index (χ3v) is 3.06. The number of hydrogen-bond donors (Lipinski definition) is 0. The van der Waals surface area contributed by atoms with Crippen LogP contribution in [0.4, 0.5) is 0 Å². The van der Waals surface area contributed by atoms with Gasteiger partial charge in [0.2, 0.25) is 0 Å². The molecule has 93 valence electrons. The Kier molecular flexibility index (Phi) is 3.98. The number of carbonyl (C=O) groups is 1. The molecule has 0 aliphatic carbocycles. The van der Waals surface area contributed by atoms with Gasteiger partial charge in [-0.2, -0.15) is 0 Å². The maximum atomic E-state index is 12.0. The maximum Gasteiger partial charge on any atom is 0.313 e. The Morgan fingerprint density at radius 3 is 2.67 bits per heavy atom. The van der Waals surface area contributed by atoms with Gasteiger partial charge in [0.05, 0.1) is 12.5 Å². The van der Waals surface area contributed by atoms with Crippen molar-refractivity contribution in [1.29, 1.82) is 0 Å². The lowest BCUT2D eigenvalue weighted by Gasteiger charge is -2.16. The van der Waals surface area contributed by atoms with Gasteiger partial charge in [0.15, 0.2) is 0 Å². The van der Waals surface area contributed by atoms with Gasteiger partial charge in [0, 0.05) is 0 Å². The van der Waals surface area contributed by atoms with Crippen molar-refractivity contribution in [3.8, 4) is 0 Å². The highest BCUT2D eigenvalue weighted by molar-refractivity contribution is 5.91. The molecule has 0 aliphatic heterocycles. The number of fused-ring (bicyclic) bond motifs is 1. The number of ether oxygens (including phenoxy) is 1. The molecule has 0 amide bonds. The lowest BCUT2D eigenvalue weighted by molar-refractivity contribution is -0.144. The average molecular weight is 241 g/mol. The Labute approximate surface area is 108 Å². The van der Waals surface area contributed by atoms with Crippen LogP contribution in [0.3, 0.4) is 0 Å². The predicted molar refractivity (Wildman–Crippen MR) is 73.3 cm³/mol. The van der Waals surface area contributed by atoms with Crippen molar-refractivity contribution in [2.75, 3.05) is 6.61 Å². The van der Waals surface area contributed by atoms with E-state index in [1.165, 1.54) is 0 Å². The molecule has 0 aromatic heterocycles. The molecule has 0 spiro atoms. The van der Waals surface area contributed by atoms with Gasteiger partial charge in [-0.3, -0.25) is 4.79 Å². The third kappa shape index (κ3) is 2.37. The van der Waals surface area contributed by atoms with E-state index in [1.807, 2.05) is 49.4 Å². The molecule has 18 heavy (non-hydrogen) atoms. The Hall–Kier alpha value is -1.83. The lowest BCUT2D eigenvalue weighted by atomic mass is 9.91. The van der Waals surface area contributed by atoms with E-state index in [1.54, 1.807) is 0 Å². The van der Waals surface area contributed by atoms with Gasteiger partial charge in [-0.05, 0) is 29.7 Å². The fraction of sp³-hybridized carbons (Fsp3) is 0.250. The second-order valence-corrected chi connectivity index (χ2v) is 4.16. The second-order valence-electron chi connectivity index (χ2n) is 4.16. The smallest absolute Gasteiger partial charge is 0.313 e. The molecular formula is C16H17O2. The molecule has 0 saturated carbocycles. The second kappa shape index (κ2) is 5.67. The number of benzene rings is 2. The van der Waals surface area contributed by atoms with Crippen LogP contribution in [0.5, 0.6) is 0 Å². The Morgan fingerprint density at radius 2 is 1.94 bits per heavy atom. The highest BCUT2D eigenvalue weighted by Gasteiger charge is 2.21. The fourth-order valence-electron chi connectivity index (χ4n) is 2.20. The summed E-state index contributed by atoms with van der Waals surface area (Å²) >= 11 is 0. The molecular weight excluding hydrogens is 224 g/mol. The van der Waals surface area contributed by atoms with Crippen LogP contribution in [-0.4, -0.2) is 12.6 Å². The summed E-state index contributed by atoms with van der Waals surface area (Å²) in [6.07, 6.45) is 0.507. The molecule has 2 nitrogen and oxygen atoms in total. The minimum atomic E-state index is -0.281. The van der Waals surface area contributed by atoms with E-state index < -0.39 is 0 Å². The third-order valence-electron chi connectivity index (χ3n) is 3.06. The molecule has 0 saturated heterocycles. The number of esters is 1. The van der Waals surface area contributed by atoms with Gasteiger partial charge in [-0.15, -0.1) is 0 Å². The topological polar surface area (TPSA) is 26.3 Å². The fourth-order valence-corrected chi connectivity index (χ4v) is 2.20. The Balaban J connectivity index is 2.48. The quantitative estimate of drug-likeness (QED) is 0.763. The van der Waals surface area contributed by atoms with Crippen molar-refractivity contribution >= 4 is 16.7 Å². The highest BCUT2D eigenvalue weighted by atomic mass is 16.5. The summed E-state index contributed by atoms with van der Waals surface area (Å²) in [5, 5.41) is 2.24. The predicted octanol–water partition coefficient (Wildman–Crippen LogP) is 3.71. The van der Waals surface area contributed by atoms with Crippen LogP contribution in [0.1, 0.15) is 24.8 Å². The zero-order chi connectivity index (χ0) is 13.0. The van der Waals surface area contributed by atoms with Crippen molar-refractivity contribution in [3.05, 3.63) is 55.0 Å². The van der Waals surface area contributed by atoms with Crippen molar-refractivity contribution < 1.29 is 9.53 Å². The van der Waals surface area contributed by atoms with Crippen LogP contribution in [0.25, 0.3) is 10.8 Å². The normalized spacial score (nSPS) is 12.3. The number of carbonyl (C=O) groups excluding carboxylic acids is 1. The number of hydrogen-bond acceptors (Lipinski definition) is 2. The molecule has 1 atom stereocenters. The first kappa shape index (κ1) is 12.6. The SMILES string of the molecule is [CH2]CC(C(=O)OCC)c1cccc2ccccc12. The van der Waals surface area contributed by atoms with E-state index in [2.05, 4.69) is 6.92 Å². The van der Waals surface area contributed by atoms with E-state index >= 15 is 0 Å². The molecule has 1 unspecified atom stereocenters. The molecule has 0 fully saturated rings. The summed E-state index contributed by atoms with van der Waals surface area (Å²) in [6, 6.07) is 14.1. The molecule has 2 rings (SSSR count).